The lowest BCUT2D eigenvalue weighted by Gasteiger charge is -2.15. The molecular formula is C16H24N4O. The summed E-state index contributed by atoms with van der Waals surface area (Å²) in [5, 5.41) is 7.80. The summed E-state index contributed by atoms with van der Waals surface area (Å²) in [5.41, 5.74) is 2.26. The van der Waals surface area contributed by atoms with Crippen LogP contribution in [0.4, 0.5) is 0 Å². The molecule has 1 N–H and O–H groups in total. The van der Waals surface area contributed by atoms with Gasteiger partial charge in [-0.15, -0.1) is 0 Å². The van der Waals surface area contributed by atoms with E-state index in [2.05, 4.69) is 35.4 Å². The molecule has 1 unspecified atom stereocenters. The lowest BCUT2D eigenvalue weighted by Crippen LogP contribution is -2.19. The molecule has 21 heavy (non-hydrogen) atoms. The van der Waals surface area contributed by atoms with Gasteiger partial charge in [0.2, 0.25) is 5.88 Å². The fourth-order valence-corrected chi connectivity index (χ4v) is 2.05. The maximum Gasteiger partial charge on any atom is 0.218 e. The van der Waals surface area contributed by atoms with Crippen LogP contribution in [-0.2, 0) is 13.1 Å². The van der Waals surface area contributed by atoms with E-state index in [0.29, 0.717) is 12.4 Å². The summed E-state index contributed by atoms with van der Waals surface area (Å²) >= 11 is 0. The topological polar surface area (TPSA) is 52.0 Å². The normalized spacial score (nSPS) is 12.6. The zero-order valence-corrected chi connectivity index (χ0v) is 13.2. The molecule has 0 amide bonds. The second-order valence-electron chi connectivity index (χ2n) is 5.37. The van der Waals surface area contributed by atoms with E-state index in [9.17, 15) is 0 Å². The van der Waals surface area contributed by atoms with Crippen LogP contribution in [0.5, 0.6) is 5.88 Å². The molecule has 0 aliphatic rings. The third-order valence-corrected chi connectivity index (χ3v) is 3.27. The Morgan fingerprint density at radius 3 is 2.81 bits per heavy atom. The average molecular weight is 288 g/mol. The van der Waals surface area contributed by atoms with E-state index in [0.717, 1.165) is 12.1 Å². The molecule has 0 aliphatic carbocycles. The summed E-state index contributed by atoms with van der Waals surface area (Å²) in [4.78, 5) is 4.31. The van der Waals surface area contributed by atoms with Crippen molar-refractivity contribution in [3.8, 4) is 5.88 Å². The summed E-state index contributed by atoms with van der Waals surface area (Å²) in [7, 11) is 0. The predicted molar refractivity (Wildman–Crippen MR) is 83.2 cm³/mol. The van der Waals surface area contributed by atoms with Crippen molar-refractivity contribution in [2.24, 2.45) is 0 Å². The van der Waals surface area contributed by atoms with Crippen molar-refractivity contribution in [2.75, 3.05) is 0 Å². The average Bonchev–Trinajstić information content (AvgIpc) is 2.94. The first kappa shape index (κ1) is 15.5. The van der Waals surface area contributed by atoms with Gasteiger partial charge in [0.05, 0.1) is 12.3 Å². The highest BCUT2D eigenvalue weighted by molar-refractivity contribution is 5.25. The minimum atomic E-state index is 0.124. The van der Waals surface area contributed by atoms with Gasteiger partial charge in [0, 0.05) is 42.7 Å². The first-order valence-electron chi connectivity index (χ1n) is 7.46. The first-order valence-corrected chi connectivity index (χ1v) is 7.46. The second kappa shape index (κ2) is 7.22. The molecule has 2 aromatic heterocycles. The van der Waals surface area contributed by atoms with Crippen molar-refractivity contribution in [1.29, 1.82) is 0 Å². The van der Waals surface area contributed by atoms with Gasteiger partial charge in [-0.1, -0.05) is 6.07 Å². The van der Waals surface area contributed by atoms with Crippen LogP contribution < -0.4 is 10.1 Å². The van der Waals surface area contributed by atoms with E-state index >= 15 is 0 Å². The van der Waals surface area contributed by atoms with Crippen molar-refractivity contribution in [3.63, 3.8) is 0 Å². The highest BCUT2D eigenvalue weighted by Crippen LogP contribution is 2.18. The minimum absolute atomic E-state index is 0.124. The van der Waals surface area contributed by atoms with E-state index in [1.54, 1.807) is 6.20 Å². The summed E-state index contributed by atoms with van der Waals surface area (Å²) < 4.78 is 7.67. The number of nitrogens with zero attached hydrogens (tertiary/aromatic N) is 3. The molecule has 0 saturated carbocycles. The molecular weight excluding hydrogens is 264 g/mol. The Labute approximate surface area is 126 Å². The van der Waals surface area contributed by atoms with E-state index < -0.39 is 0 Å². The van der Waals surface area contributed by atoms with Gasteiger partial charge in [-0.05, 0) is 33.8 Å². The number of pyridine rings is 1. The number of hydrogen-bond donors (Lipinski definition) is 1. The molecule has 2 aromatic rings. The highest BCUT2D eigenvalue weighted by atomic mass is 16.5. The Bertz CT molecular complexity index is 565. The molecule has 5 nitrogen and oxygen atoms in total. The molecule has 114 valence electrons. The van der Waals surface area contributed by atoms with Crippen LogP contribution in [0.2, 0.25) is 0 Å². The maximum absolute atomic E-state index is 5.74. The fourth-order valence-electron chi connectivity index (χ4n) is 2.05. The van der Waals surface area contributed by atoms with E-state index in [4.69, 9.17) is 4.74 Å². The first-order chi connectivity index (χ1) is 10.1. The fraction of sp³-hybridized carbons (Fsp3) is 0.500. The van der Waals surface area contributed by atoms with Crippen LogP contribution in [0.15, 0.2) is 30.7 Å². The molecule has 0 spiro atoms. The summed E-state index contributed by atoms with van der Waals surface area (Å²) in [6.45, 7) is 9.84. The molecule has 0 saturated heterocycles. The standard InChI is InChI=1S/C16H24N4O/c1-5-20-11-15(10-19-20)13(4)18-9-14-7-6-8-17-16(14)21-12(2)3/h6-8,10-13,18H,5,9H2,1-4H3. The Morgan fingerprint density at radius 2 is 2.14 bits per heavy atom. The maximum atomic E-state index is 5.74. The molecule has 0 aliphatic heterocycles. The van der Waals surface area contributed by atoms with Gasteiger partial charge >= 0.3 is 0 Å². The third-order valence-electron chi connectivity index (χ3n) is 3.27. The number of hydrogen-bond acceptors (Lipinski definition) is 4. The van der Waals surface area contributed by atoms with Gasteiger partial charge in [-0.3, -0.25) is 4.68 Å². The Kier molecular flexibility index (Phi) is 5.33. The van der Waals surface area contributed by atoms with E-state index in [1.807, 2.05) is 36.9 Å². The van der Waals surface area contributed by atoms with Gasteiger partial charge in [-0.2, -0.15) is 5.10 Å². The van der Waals surface area contributed by atoms with Gasteiger partial charge in [0.15, 0.2) is 0 Å². The van der Waals surface area contributed by atoms with Gasteiger partial charge < -0.3 is 10.1 Å². The van der Waals surface area contributed by atoms with Crippen LogP contribution in [0, 0.1) is 0 Å². The minimum Gasteiger partial charge on any atom is -0.475 e. The SMILES string of the molecule is CCn1cc(C(C)NCc2cccnc2OC(C)C)cn1. The number of aromatic nitrogens is 3. The number of rotatable bonds is 7. The molecule has 0 fully saturated rings. The molecule has 5 heteroatoms. The molecule has 0 radical (unpaired) electrons. The number of aryl methyl sites for hydroxylation is 1. The van der Waals surface area contributed by atoms with Gasteiger partial charge in [0.1, 0.15) is 0 Å². The molecule has 1 atom stereocenters. The van der Waals surface area contributed by atoms with Crippen LogP contribution in [-0.4, -0.2) is 20.9 Å². The molecule has 0 aromatic carbocycles. The van der Waals surface area contributed by atoms with Crippen LogP contribution in [0.25, 0.3) is 0 Å². The number of nitrogens with one attached hydrogen (secondary N) is 1. The summed E-state index contributed by atoms with van der Waals surface area (Å²) in [5.74, 6) is 0.705. The third kappa shape index (κ3) is 4.29. The smallest absolute Gasteiger partial charge is 0.218 e. The van der Waals surface area contributed by atoms with Crippen molar-refractivity contribution >= 4 is 0 Å². The van der Waals surface area contributed by atoms with Gasteiger partial charge in [-0.25, -0.2) is 4.98 Å². The quantitative estimate of drug-likeness (QED) is 0.851. The van der Waals surface area contributed by atoms with Crippen LogP contribution >= 0.6 is 0 Å². The van der Waals surface area contributed by atoms with Crippen LogP contribution in [0.3, 0.4) is 0 Å². The largest absolute Gasteiger partial charge is 0.475 e. The lowest BCUT2D eigenvalue weighted by atomic mass is 10.2. The Hall–Kier alpha value is -1.88. The lowest BCUT2D eigenvalue weighted by molar-refractivity contribution is 0.229. The van der Waals surface area contributed by atoms with Crippen molar-refractivity contribution in [3.05, 3.63) is 41.9 Å². The van der Waals surface area contributed by atoms with Crippen LogP contribution in [0.1, 0.15) is 44.9 Å². The number of ether oxygens (including phenoxy) is 1. The molecule has 2 heterocycles. The van der Waals surface area contributed by atoms with E-state index in [1.165, 1.54) is 5.56 Å². The zero-order valence-electron chi connectivity index (χ0n) is 13.2. The van der Waals surface area contributed by atoms with Crippen molar-refractivity contribution in [1.82, 2.24) is 20.1 Å². The Morgan fingerprint density at radius 1 is 1.33 bits per heavy atom. The van der Waals surface area contributed by atoms with E-state index in [-0.39, 0.29) is 12.1 Å². The highest BCUT2D eigenvalue weighted by Gasteiger charge is 2.10. The second-order valence-corrected chi connectivity index (χ2v) is 5.37. The van der Waals surface area contributed by atoms with Crippen molar-refractivity contribution in [2.45, 2.75) is 52.9 Å². The Balaban J connectivity index is 1.99. The van der Waals surface area contributed by atoms with Crippen molar-refractivity contribution < 1.29 is 4.74 Å². The predicted octanol–water partition coefficient (Wildman–Crippen LogP) is 2.94. The monoisotopic (exact) mass is 288 g/mol. The summed E-state index contributed by atoms with van der Waals surface area (Å²) in [6.07, 6.45) is 5.87. The summed E-state index contributed by atoms with van der Waals surface area (Å²) in [6, 6.07) is 4.21. The molecule has 2 rings (SSSR count). The van der Waals surface area contributed by atoms with Gasteiger partial charge in [0.25, 0.3) is 0 Å². The zero-order chi connectivity index (χ0) is 15.2. The molecule has 0 bridgehead atoms.